The number of esters is 1. The van der Waals surface area contributed by atoms with Crippen molar-refractivity contribution in [1.29, 1.82) is 0 Å². The van der Waals surface area contributed by atoms with E-state index in [-0.39, 0.29) is 11.4 Å². The highest BCUT2D eigenvalue weighted by molar-refractivity contribution is 7.13. The molecule has 0 bridgehead atoms. The molecule has 7 heteroatoms. The molecule has 1 fully saturated rings. The average molecular weight is 469 g/mol. The number of thiophene rings is 1. The van der Waals surface area contributed by atoms with Crippen LogP contribution in [-0.2, 0) is 22.7 Å². The molecule has 0 saturated carbocycles. The van der Waals surface area contributed by atoms with Gasteiger partial charge in [-0.3, -0.25) is 9.69 Å². The quantitative estimate of drug-likeness (QED) is 0.367. The highest BCUT2D eigenvalue weighted by Crippen LogP contribution is 2.35. The summed E-state index contributed by atoms with van der Waals surface area (Å²) in [5.74, 6) is 2.17. The fraction of sp³-hybridized carbons (Fsp3) is 0.462. The third-order valence-electron chi connectivity index (χ3n) is 6.37. The third kappa shape index (κ3) is 5.47. The lowest BCUT2D eigenvalue weighted by Crippen LogP contribution is -2.47. The molecule has 1 unspecified atom stereocenters. The molecule has 1 aliphatic heterocycles. The maximum atomic E-state index is 12.6. The highest BCUT2D eigenvalue weighted by atomic mass is 32.1. The maximum Gasteiger partial charge on any atom is 0.313 e. The first-order valence-electron chi connectivity index (χ1n) is 11.6. The number of hydrogen-bond acceptors (Lipinski definition) is 7. The summed E-state index contributed by atoms with van der Waals surface area (Å²) in [7, 11) is 0. The van der Waals surface area contributed by atoms with Gasteiger partial charge in [0.25, 0.3) is 0 Å². The second kappa shape index (κ2) is 10.5. The molecule has 176 valence electrons. The van der Waals surface area contributed by atoms with E-state index in [9.17, 15) is 4.79 Å². The van der Waals surface area contributed by atoms with E-state index < -0.39 is 0 Å². The second-order valence-electron chi connectivity index (χ2n) is 8.60. The molecule has 3 aromatic rings. The van der Waals surface area contributed by atoms with E-state index in [1.54, 1.807) is 11.3 Å². The number of likely N-dealkylation sites (tertiary alicyclic amines) is 1. The van der Waals surface area contributed by atoms with Crippen molar-refractivity contribution in [3.63, 3.8) is 0 Å². The number of aromatic nitrogens is 1. The molecule has 1 aliphatic rings. The van der Waals surface area contributed by atoms with Gasteiger partial charge in [-0.25, -0.2) is 4.98 Å². The number of rotatable bonds is 9. The summed E-state index contributed by atoms with van der Waals surface area (Å²) in [4.78, 5) is 20.6. The first-order chi connectivity index (χ1) is 16.0. The number of ether oxygens (including phenoxy) is 2. The van der Waals surface area contributed by atoms with Gasteiger partial charge < -0.3 is 13.9 Å². The smallest absolute Gasteiger partial charge is 0.313 e. The van der Waals surface area contributed by atoms with Crippen LogP contribution in [0.2, 0.25) is 0 Å². The van der Waals surface area contributed by atoms with Crippen molar-refractivity contribution in [1.82, 2.24) is 9.88 Å². The zero-order chi connectivity index (χ0) is 23.3. The number of hydrogen-bond donors (Lipinski definition) is 0. The molecule has 1 saturated heterocycles. The van der Waals surface area contributed by atoms with E-state index in [2.05, 4.69) is 28.9 Å². The minimum absolute atomic E-state index is 0.0497. The lowest BCUT2D eigenvalue weighted by atomic mass is 9.77. The summed E-state index contributed by atoms with van der Waals surface area (Å²) in [5, 5.41) is 2.01. The van der Waals surface area contributed by atoms with Crippen molar-refractivity contribution in [2.24, 2.45) is 5.41 Å². The molecule has 4 rings (SSSR count). The summed E-state index contributed by atoms with van der Waals surface area (Å²) >= 11 is 1.61. The van der Waals surface area contributed by atoms with Gasteiger partial charge in [0, 0.05) is 13.1 Å². The Kier molecular flexibility index (Phi) is 7.50. The first kappa shape index (κ1) is 23.5. The molecule has 1 atom stereocenters. The van der Waals surface area contributed by atoms with Gasteiger partial charge >= 0.3 is 5.97 Å². The number of benzene rings is 1. The van der Waals surface area contributed by atoms with Crippen LogP contribution in [-0.4, -0.2) is 35.5 Å². The van der Waals surface area contributed by atoms with Crippen LogP contribution in [0.25, 0.3) is 10.8 Å². The lowest BCUT2D eigenvalue weighted by molar-refractivity contribution is -0.159. The van der Waals surface area contributed by atoms with Gasteiger partial charge in [-0.15, -0.1) is 11.3 Å². The fourth-order valence-electron chi connectivity index (χ4n) is 4.41. The topological polar surface area (TPSA) is 64.8 Å². The number of aryl methyl sites for hydroxylation is 1. The predicted octanol–water partition coefficient (Wildman–Crippen LogP) is 5.85. The molecular weight excluding hydrogens is 436 g/mol. The van der Waals surface area contributed by atoms with E-state index in [4.69, 9.17) is 13.9 Å². The number of piperidine rings is 1. The Balaban J connectivity index is 1.34. The third-order valence-corrected chi connectivity index (χ3v) is 7.23. The Labute approximate surface area is 199 Å². The van der Waals surface area contributed by atoms with Gasteiger partial charge in [-0.2, -0.15) is 0 Å². The Morgan fingerprint density at radius 2 is 2.06 bits per heavy atom. The van der Waals surface area contributed by atoms with Gasteiger partial charge in [0.2, 0.25) is 5.89 Å². The predicted molar refractivity (Wildman–Crippen MR) is 129 cm³/mol. The Bertz CT molecular complexity index is 1040. The number of oxazole rings is 1. The largest absolute Gasteiger partial charge is 0.487 e. The molecule has 0 aliphatic carbocycles. The maximum absolute atomic E-state index is 12.6. The molecule has 0 radical (unpaired) electrons. The molecule has 0 N–H and O–H groups in total. The van der Waals surface area contributed by atoms with E-state index >= 15 is 0 Å². The van der Waals surface area contributed by atoms with Gasteiger partial charge in [0.1, 0.15) is 23.8 Å². The van der Waals surface area contributed by atoms with Crippen molar-refractivity contribution >= 4 is 17.3 Å². The zero-order valence-electron chi connectivity index (χ0n) is 19.6. The Morgan fingerprint density at radius 3 is 2.76 bits per heavy atom. The second-order valence-corrected chi connectivity index (χ2v) is 9.55. The summed E-state index contributed by atoms with van der Waals surface area (Å²) in [6.45, 7) is 9.24. The first-order valence-corrected chi connectivity index (χ1v) is 12.5. The molecule has 0 spiro atoms. The normalized spacial score (nSPS) is 18.9. The minimum Gasteiger partial charge on any atom is -0.487 e. The number of carbonyl (C=O) groups excluding carboxylic acids is 1. The van der Waals surface area contributed by atoms with Gasteiger partial charge in [-0.05, 0) is 68.8 Å². The summed E-state index contributed by atoms with van der Waals surface area (Å²) < 4.78 is 17.1. The Hall–Kier alpha value is -2.64. The fourth-order valence-corrected chi connectivity index (χ4v) is 5.06. The van der Waals surface area contributed by atoms with Crippen LogP contribution in [0, 0.1) is 12.3 Å². The van der Waals surface area contributed by atoms with E-state index in [1.165, 1.54) is 5.56 Å². The Morgan fingerprint density at radius 1 is 1.24 bits per heavy atom. The van der Waals surface area contributed by atoms with Crippen LogP contribution in [0.15, 0.2) is 46.2 Å². The molecule has 2 aromatic heterocycles. The lowest BCUT2D eigenvalue weighted by Gasteiger charge is -2.40. The standard InChI is InChI=1S/C26H32N2O4S/c1-4-26(25(29)30-5-2)13-7-14-28(18-26)16-20-9-11-21(12-10-20)31-17-22-19(3)32-24(27-22)23-8-6-15-33-23/h6,8-12,15H,4-5,7,13-14,16-18H2,1-3H3. The van der Waals surface area contributed by atoms with E-state index in [0.717, 1.165) is 61.0 Å². The van der Waals surface area contributed by atoms with Gasteiger partial charge in [0.15, 0.2) is 0 Å². The van der Waals surface area contributed by atoms with Crippen LogP contribution in [0.5, 0.6) is 5.75 Å². The highest BCUT2D eigenvalue weighted by Gasteiger charge is 2.41. The minimum atomic E-state index is -0.380. The van der Waals surface area contributed by atoms with Gasteiger partial charge in [0.05, 0.1) is 16.9 Å². The number of carbonyl (C=O) groups is 1. The van der Waals surface area contributed by atoms with Crippen molar-refractivity contribution in [3.05, 3.63) is 58.8 Å². The molecule has 0 amide bonds. The van der Waals surface area contributed by atoms with E-state index in [1.807, 2.05) is 43.5 Å². The van der Waals surface area contributed by atoms with Crippen molar-refractivity contribution < 1.29 is 18.7 Å². The molecule has 33 heavy (non-hydrogen) atoms. The van der Waals surface area contributed by atoms with Crippen molar-refractivity contribution in [3.8, 4) is 16.5 Å². The number of nitrogens with zero attached hydrogens (tertiary/aromatic N) is 2. The van der Waals surface area contributed by atoms with Crippen LogP contribution in [0.4, 0.5) is 0 Å². The summed E-state index contributed by atoms with van der Waals surface area (Å²) in [5.41, 5.74) is 1.63. The van der Waals surface area contributed by atoms with E-state index in [0.29, 0.717) is 19.1 Å². The van der Waals surface area contributed by atoms with Gasteiger partial charge in [-0.1, -0.05) is 25.1 Å². The monoisotopic (exact) mass is 468 g/mol. The average Bonchev–Trinajstić information content (AvgIpc) is 3.49. The van der Waals surface area contributed by atoms with Crippen molar-refractivity contribution in [2.75, 3.05) is 19.7 Å². The molecule has 6 nitrogen and oxygen atoms in total. The summed E-state index contributed by atoms with van der Waals surface area (Å²) in [6, 6.07) is 12.2. The zero-order valence-corrected chi connectivity index (χ0v) is 20.5. The summed E-state index contributed by atoms with van der Waals surface area (Å²) in [6.07, 6.45) is 2.73. The van der Waals surface area contributed by atoms with Crippen LogP contribution in [0.1, 0.15) is 50.1 Å². The SMILES string of the molecule is CCOC(=O)C1(CC)CCCN(Cc2ccc(OCc3nc(-c4cccs4)oc3C)cc2)C1. The van der Waals surface area contributed by atoms with Crippen LogP contribution >= 0.6 is 11.3 Å². The molecular formula is C26H32N2O4S. The van der Waals surface area contributed by atoms with Crippen LogP contribution in [0.3, 0.4) is 0 Å². The molecule has 3 heterocycles. The molecule has 1 aromatic carbocycles. The van der Waals surface area contributed by atoms with Crippen LogP contribution < -0.4 is 4.74 Å². The van der Waals surface area contributed by atoms with Crippen molar-refractivity contribution in [2.45, 2.75) is 53.2 Å².